The normalized spacial score (nSPS) is 17.5. The van der Waals surface area contributed by atoms with E-state index in [4.69, 9.17) is 0 Å². The molecule has 1 N–H and O–H groups in total. The fourth-order valence-corrected chi connectivity index (χ4v) is 2.91. The summed E-state index contributed by atoms with van der Waals surface area (Å²) in [6, 6.07) is 5.33. The zero-order valence-electron chi connectivity index (χ0n) is 11.0. The van der Waals surface area contributed by atoms with Crippen molar-refractivity contribution in [3.05, 3.63) is 29.6 Å². The van der Waals surface area contributed by atoms with Crippen LogP contribution in [0.5, 0.6) is 0 Å². The maximum atomic E-state index is 14.0. The third-order valence-electron chi connectivity index (χ3n) is 3.97. The minimum atomic E-state index is -0.228. The van der Waals surface area contributed by atoms with E-state index in [0.29, 0.717) is 17.3 Å². The van der Waals surface area contributed by atoms with Gasteiger partial charge in [0.1, 0.15) is 5.82 Å². The van der Waals surface area contributed by atoms with Gasteiger partial charge in [0.15, 0.2) is 0 Å². The average Bonchev–Trinajstić information content (AvgIpc) is 2.66. The minimum Gasteiger partial charge on any atom is -0.392 e. The fourth-order valence-electron chi connectivity index (χ4n) is 2.91. The quantitative estimate of drug-likeness (QED) is 0.831. The van der Waals surface area contributed by atoms with E-state index in [2.05, 4.69) is 0 Å². The summed E-state index contributed by atoms with van der Waals surface area (Å²) in [5.74, 6) is -0.228. The number of anilines is 1. The molecule has 0 aromatic heterocycles. The van der Waals surface area contributed by atoms with Crippen LogP contribution in [0.25, 0.3) is 0 Å². The summed E-state index contributed by atoms with van der Waals surface area (Å²) in [5.41, 5.74) is 1.26. The Hall–Kier alpha value is -1.09. The minimum absolute atomic E-state index is 0.107. The second-order valence-electron chi connectivity index (χ2n) is 5.16. The molecule has 2 nitrogen and oxygen atoms in total. The molecule has 0 aliphatic heterocycles. The highest BCUT2D eigenvalue weighted by Gasteiger charge is 2.21. The zero-order valence-corrected chi connectivity index (χ0v) is 11.0. The van der Waals surface area contributed by atoms with Gasteiger partial charge in [0, 0.05) is 18.7 Å². The Kier molecular flexibility index (Phi) is 4.59. The SMILES string of the molecule is CN(c1c(F)cccc1CO)C1CCCCCC1. The first-order valence-corrected chi connectivity index (χ1v) is 6.85. The van der Waals surface area contributed by atoms with E-state index in [1.165, 1.54) is 31.7 Å². The molecule has 0 radical (unpaired) electrons. The summed E-state index contributed by atoms with van der Waals surface area (Å²) in [4.78, 5) is 2.03. The first-order chi connectivity index (χ1) is 8.74. The van der Waals surface area contributed by atoms with Gasteiger partial charge < -0.3 is 10.0 Å². The number of nitrogens with zero attached hydrogens (tertiary/aromatic N) is 1. The van der Waals surface area contributed by atoms with Gasteiger partial charge in [-0.1, -0.05) is 37.8 Å². The molecule has 0 atom stereocenters. The van der Waals surface area contributed by atoms with Crippen LogP contribution in [0.3, 0.4) is 0 Å². The standard InChI is InChI=1S/C15H22FNO/c1-17(13-8-4-2-3-5-9-13)15-12(11-18)7-6-10-14(15)16/h6-7,10,13,18H,2-5,8-9,11H2,1H3. The Labute approximate surface area is 108 Å². The first-order valence-electron chi connectivity index (χ1n) is 6.85. The topological polar surface area (TPSA) is 23.5 Å². The second kappa shape index (κ2) is 6.19. The smallest absolute Gasteiger partial charge is 0.146 e. The van der Waals surface area contributed by atoms with Gasteiger partial charge in [-0.15, -0.1) is 0 Å². The number of hydrogen-bond acceptors (Lipinski definition) is 2. The molecular weight excluding hydrogens is 229 g/mol. The van der Waals surface area contributed by atoms with Gasteiger partial charge in [0.05, 0.1) is 12.3 Å². The lowest BCUT2D eigenvalue weighted by molar-refractivity contribution is 0.281. The van der Waals surface area contributed by atoms with Gasteiger partial charge in [-0.05, 0) is 18.9 Å². The van der Waals surface area contributed by atoms with Crippen LogP contribution in [0.15, 0.2) is 18.2 Å². The van der Waals surface area contributed by atoms with Gasteiger partial charge >= 0.3 is 0 Å². The first kappa shape index (κ1) is 13.3. The largest absolute Gasteiger partial charge is 0.392 e. The summed E-state index contributed by atoms with van der Waals surface area (Å²) >= 11 is 0. The van der Waals surface area contributed by atoms with Gasteiger partial charge in [0.2, 0.25) is 0 Å². The lowest BCUT2D eigenvalue weighted by Gasteiger charge is -2.31. The fraction of sp³-hybridized carbons (Fsp3) is 0.600. The third-order valence-corrected chi connectivity index (χ3v) is 3.97. The van der Waals surface area contributed by atoms with Crippen LogP contribution in [-0.2, 0) is 6.61 Å². The van der Waals surface area contributed by atoms with Crippen molar-refractivity contribution in [1.29, 1.82) is 0 Å². The van der Waals surface area contributed by atoms with Crippen molar-refractivity contribution < 1.29 is 9.50 Å². The van der Waals surface area contributed by atoms with Crippen LogP contribution in [0.1, 0.15) is 44.1 Å². The van der Waals surface area contributed by atoms with E-state index in [9.17, 15) is 9.50 Å². The molecule has 0 saturated heterocycles. The summed E-state index contributed by atoms with van der Waals surface area (Å²) < 4.78 is 14.0. The van der Waals surface area contributed by atoms with Crippen molar-refractivity contribution in [3.63, 3.8) is 0 Å². The number of rotatable bonds is 3. The van der Waals surface area contributed by atoms with Crippen molar-refractivity contribution >= 4 is 5.69 Å². The molecule has 0 heterocycles. The molecule has 0 unspecified atom stereocenters. The molecule has 0 amide bonds. The highest BCUT2D eigenvalue weighted by Crippen LogP contribution is 2.30. The summed E-state index contributed by atoms with van der Waals surface area (Å²) in [6.07, 6.45) is 7.25. The molecule has 100 valence electrons. The van der Waals surface area contributed by atoms with Crippen LogP contribution < -0.4 is 4.90 Å². The number of aliphatic hydroxyl groups excluding tert-OH is 1. The highest BCUT2D eigenvalue weighted by atomic mass is 19.1. The zero-order chi connectivity index (χ0) is 13.0. The third kappa shape index (κ3) is 2.83. The van der Waals surface area contributed by atoms with Crippen LogP contribution in [0.4, 0.5) is 10.1 Å². The second-order valence-corrected chi connectivity index (χ2v) is 5.16. The van der Waals surface area contributed by atoms with Crippen molar-refractivity contribution in [2.45, 2.75) is 51.2 Å². The van der Waals surface area contributed by atoms with Gasteiger partial charge in [-0.25, -0.2) is 4.39 Å². The van der Waals surface area contributed by atoms with Gasteiger partial charge in [-0.3, -0.25) is 0 Å². The van der Waals surface area contributed by atoms with E-state index in [0.717, 1.165) is 12.8 Å². The van der Waals surface area contributed by atoms with Crippen LogP contribution >= 0.6 is 0 Å². The van der Waals surface area contributed by atoms with Crippen molar-refractivity contribution in [1.82, 2.24) is 0 Å². The molecule has 1 aliphatic carbocycles. The van der Waals surface area contributed by atoms with Crippen molar-refractivity contribution in [3.8, 4) is 0 Å². The molecule has 1 saturated carbocycles. The lowest BCUT2D eigenvalue weighted by Crippen LogP contribution is -2.32. The summed E-state index contributed by atoms with van der Waals surface area (Å²) in [6.45, 7) is -0.107. The van der Waals surface area contributed by atoms with Crippen LogP contribution in [0.2, 0.25) is 0 Å². The lowest BCUT2D eigenvalue weighted by atomic mass is 10.0. The number of benzene rings is 1. The molecule has 0 spiro atoms. The molecule has 1 fully saturated rings. The molecule has 1 aromatic carbocycles. The number of hydrogen-bond donors (Lipinski definition) is 1. The summed E-state index contributed by atoms with van der Waals surface area (Å²) in [7, 11) is 1.95. The monoisotopic (exact) mass is 251 g/mol. The Bertz CT molecular complexity index is 386. The Morgan fingerprint density at radius 1 is 1.22 bits per heavy atom. The van der Waals surface area contributed by atoms with Crippen molar-refractivity contribution in [2.24, 2.45) is 0 Å². The number of halogens is 1. The van der Waals surface area contributed by atoms with E-state index in [1.54, 1.807) is 12.1 Å². The highest BCUT2D eigenvalue weighted by molar-refractivity contribution is 5.54. The molecule has 2 rings (SSSR count). The Morgan fingerprint density at radius 2 is 1.89 bits per heavy atom. The molecule has 3 heteroatoms. The molecule has 1 aliphatic rings. The maximum absolute atomic E-state index is 14.0. The predicted octanol–water partition coefficient (Wildman–Crippen LogP) is 3.48. The molecule has 1 aromatic rings. The van der Waals surface area contributed by atoms with Crippen LogP contribution in [0, 0.1) is 5.82 Å². The van der Waals surface area contributed by atoms with Crippen LogP contribution in [-0.4, -0.2) is 18.2 Å². The molecular formula is C15H22FNO. The molecule has 18 heavy (non-hydrogen) atoms. The maximum Gasteiger partial charge on any atom is 0.146 e. The molecule has 0 bridgehead atoms. The number of para-hydroxylation sites is 1. The van der Waals surface area contributed by atoms with E-state index >= 15 is 0 Å². The predicted molar refractivity (Wildman–Crippen MR) is 72.2 cm³/mol. The van der Waals surface area contributed by atoms with E-state index < -0.39 is 0 Å². The average molecular weight is 251 g/mol. The van der Waals surface area contributed by atoms with Gasteiger partial charge in [-0.2, -0.15) is 0 Å². The number of aliphatic hydroxyl groups is 1. The summed E-state index contributed by atoms with van der Waals surface area (Å²) in [5, 5.41) is 9.35. The van der Waals surface area contributed by atoms with E-state index in [-0.39, 0.29) is 12.4 Å². The van der Waals surface area contributed by atoms with Gasteiger partial charge in [0.25, 0.3) is 0 Å². The van der Waals surface area contributed by atoms with E-state index in [1.807, 2.05) is 11.9 Å². The Morgan fingerprint density at radius 3 is 2.50 bits per heavy atom. The van der Waals surface area contributed by atoms with Crippen molar-refractivity contribution in [2.75, 3.05) is 11.9 Å². The Balaban J connectivity index is 2.23.